The molecule has 0 spiro atoms. The second kappa shape index (κ2) is 6.80. The van der Waals surface area contributed by atoms with E-state index in [0.717, 1.165) is 23.7 Å². The van der Waals surface area contributed by atoms with Crippen LogP contribution in [-0.2, 0) is 6.42 Å². The van der Waals surface area contributed by atoms with E-state index in [4.69, 9.17) is 0 Å². The Balaban J connectivity index is 2.15. The summed E-state index contributed by atoms with van der Waals surface area (Å²) in [5, 5.41) is 7.67. The van der Waals surface area contributed by atoms with Crippen LogP contribution >= 0.6 is 0 Å². The number of rotatable bonds is 6. The maximum absolute atomic E-state index is 13.3. The van der Waals surface area contributed by atoms with E-state index in [0.29, 0.717) is 12.5 Å². The Morgan fingerprint density at radius 3 is 2.62 bits per heavy atom. The summed E-state index contributed by atoms with van der Waals surface area (Å²) in [7, 11) is 1.80. The molecule has 2 unspecified atom stereocenters. The molecule has 2 rings (SSSR count). The number of benzene rings is 1. The van der Waals surface area contributed by atoms with Crippen LogP contribution in [0, 0.1) is 11.6 Å². The molecule has 0 radical (unpaired) electrons. The van der Waals surface area contributed by atoms with Gasteiger partial charge in [-0.1, -0.05) is 13.0 Å². The van der Waals surface area contributed by atoms with E-state index < -0.39 is 11.6 Å². The first-order valence-corrected chi connectivity index (χ1v) is 7.21. The van der Waals surface area contributed by atoms with Crippen molar-refractivity contribution in [3.05, 3.63) is 53.4 Å². The van der Waals surface area contributed by atoms with Crippen LogP contribution in [0.4, 0.5) is 8.78 Å². The summed E-state index contributed by atoms with van der Waals surface area (Å²) in [5.74, 6) is -1.65. The molecule has 5 heteroatoms. The van der Waals surface area contributed by atoms with Crippen molar-refractivity contribution in [2.45, 2.75) is 38.8 Å². The Morgan fingerprint density at radius 1 is 1.24 bits per heavy atom. The fraction of sp³-hybridized carbons (Fsp3) is 0.438. The first-order chi connectivity index (χ1) is 10.0. The molecule has 1 heterocycles. The Labute approximate surface area is 124 Å². The van der Waals surface area contributed by atoms with Crippen LogP contribution in [0.15, 0.2) is 30.5 Å². The van der Waals surface area contributed by atoms with E-state index in [2.05, 4.69) is 24.3 Å². The predicted molar refractivity (Wildman–Crippen MR) is 79.1 cm³/mol. The van der Waals surface area contributed by atoms with Crippen LogP contribution in [-0.4, -0.2) is 16.8 Å². The van der Waals surface area contributed by atoms with Gasteiger partial charge in [0.05, 0.1) is 5.69 Å². The lowest BCUT2D eigenvalue weighted by Crippen LogP contribution is -2.19. The second-order valence-corrected chi connectivity index (χ2v) is 5.26. The third-order valence-electron chi connectivity index (χ3n) is 3.81. The van der Waals surface area contributed by atoms with Crippen molar-refractivity contribution in [2.75, 3.05) is 7.05 Å². The van der Waals surface area contributed by atoms with Gasteiger partial charge in [-0.15, -0.1) is 0 Å². The van der Waals surface area contributed by atoms with Crippen molar-refractivity contribution in [3.63, 3.8) is 0 Å². The van der Waals surface area contributed by atoms with Gasteiger partial charge in [0, 0.05) is 24.7 Å². The monoisotopic (exact) mass is 293 g/mol. The number of nitrogens with one attached hydrogen (secondary N) is 1. The van der Waals surface area contributed by atoms with Crippen molar-refractivity contribution >= 4 is 0 Å². The molecule has 0 saturated carbocycles. The molecule has 114 valence electrons. The van der Waals surface area contributed by atoms with Crippen LogP contribution in [0.5, 0.6) is 0 Å². The SMILES string of the molecule is CCC(C)n1ccc(CC(NC)c2ccc(F)c(F)c2)n1. The molecule has 0 saturated heterocycles. The lowest BCUT2D eigenvalue weighted by molar-refractivity contribution is 0.468. The van der Waals surface area contributed by atoms with E-state index in [9.17, 15) is 8.78 Å². The largest absolute Gasteiger partial charge is 0.313 e. The number of hydrogen-bond acceptors (Lipinski definition) is 2. The maximum Gasteiger partial charge on any atom is 0.159 e. The Bertz CT molecular complexity index is 595. The van der Waals surface area contributed by atoms with Crippen LogP contribution in [0.1, 0.15) is 43.6 Å². The average molecular weight is 293 g/mol. The zero-order chi connectivity index (χ0) is 15.4. The minimum absolute atomic E-state index is 0.0969. The zero-order valence-corrected chi connectivity index (χ0v) is 12.6. The molecule has 0 aliphatic heterocycles. The number of halogens is 2. The smallest absolute Gasteiger partial charge is 0.159 e. The van der Waals surface area contributed by atoms with E-state index in [-0.39, 0.29) is 6.04 Å². The number of aromatic nitrogens is 2. The first-order valence-electron chi connectivity index (χ1n) is 7.21. The summed E-state index contributed by atoms with van der Waals surface area (Å²) in [5.41, 5.74) is 1.65. The van der Waals surface area contributed by atoms with E-state index in [1.807, 2.05) is 16.9 Å². The molecule has 1 aromatic carbocycles. The summed E-state index contributed by atoms with van der Waals surface area (Å²) in [6.45, 7) is 4.23. The van der Waals surface area contributed by atoms with E-state index in [1.54, 1.807) is 13.1 Å². The van der Waals surface area contributed by atoms with Crippen LogP contribution in [0.2, 0.25) is 0 Å². The number of hydrogen-bond donors (Lipinski definition) is 1. The quantitative estimate of drug-likeness (QED) is 0.881. The molecule has 0 fully saturated rings. The highest BCUT2D eigenvalue weighted by molar-refractivity contribution is 5.23. The first kappa shape index (κ1) is 15.6. The minimum Gasteiger partial charge on any atom is -0.313 e. The van der Waals surface area contributed by atoms with Crippen molar-refractivity contribution < 1.29 is 8.78 Å². The maximum atomic E-state index is 13.3. The summed E-state index contributed by atoms with van der Waals surface area (Å²) >= 11 is 0. The molecule has 1 N–H and O–H groups in total. The highest BCUT2D eigenvalue weighted by atomic mass is 19.2. The van der Waals surface area contributed by atoms with E-state index >= 15 is 0 Å². The van der Waals surface area contributed by atoms with Gasteiger partial charge in [0.1, 0.15) is 0 Å². The molecular weight excluding hydrogens is 272 g/mol. The van der Waals surface area contributed by atoms with Gasteiger partial charge in [0.25, 0.3) is 0 Å². The van der Waals surface area contributed by atoms with E-state index in [1.165, 1.54) is 6.07 Å². The second-order valence-electron chi connectivity index (χ2n) is 5.26. The molecule has 0 amide bonds. The van der Waals surface area contributed by atoms with Gasteiger partial charge in [0.15, 0.2) is 11.6 Å². The molecule has 0 aliphatic carbocycles. The third kappa shape index (κ3) is 3.67. The zero-order valence-electron chi connectivity index (χ0n) is 12.6. The number of nitrogens with zero attached hydrogens (tertiary/aromatic N) is 2. The molecule has 2 aromatic rings. The lowest BCUT2D eigenvalue weighted by Gasteiger charge is -2.16. The fourth-order valence-corrected chi connectivity index (χ4v) is 2.24. The highest BCUT2D eigenvalue weighted by Crippen LogP contribution is 2.20. The summed E-state index contributed by atoms with van der Waals surface area (Å²) in [4.78, 5) is 0. The Kier molecular flexibility index (Phi) is 5.07. The van der Waals surface area contributed by atoms with Gasteiger partial charge in [0.2, 0.25) is 0 Å². The fourth-order valence-electron chi connectivity index (χ4n) is 2.24. The molecule has 1 aromatic heterocycles. The van der Waals surface area contributed by atoms with Crippen molar-refractivity contribution in [1.29, 1.82) is 0 Å². The van der Waals surface area contributed by atoms with Gasteiger partial charge in [-0.05, 0) is 44.2 Å². The van der Waals surface area contributed by atoms with Crippen molar-refractivity contribution in [2.24, 2.45) is 0 Å². The van der Waals surface area contributed by atoms with Gasteiger partial charge in [-0.25, -0.2) is 8.78 Å². The Hall–Kier alpha value is -1.75. The average Bonchev–Trinajstić information content (AvgIpc) is 2.95. The highest BCUT2D eigenvalue weighted by Gasteiger charge is 2.15. The lowest BCUT2D eigenvalue weighted by atomic mass is 10.0. The predicted octanol–water partition coefficient (Wildman–Crippen LogP) is 3.64. The summed E-state index contributed by atoms with van der Waals surface area (Å²) in [6.07, 6.45) is 3.60. The van der Waals surface area contributed by atoms with Gasteiger partial charge in [-0.2, -0.15) is 5.10 Å². The number of likely N-dealkylation sites (N-methyl/N-ethyl adjacent to an activating group) is 1. The molecule has 2 atom stereocenters. The van der Waals surface area contributed by atoms with Gasteiger partial charge in [-0.3, -0.25) is 4.68 Å². The summed E-state index contributed by atoms with van der Waals surface area (Å²) in [6, 6.07) is 6.23. The standard InChI is InChI=1S/C16H21F2N3/c1-4-11(2)21-8-7-13(20-21)10-16(19-3)12-5-6-14(17)15(18)9-12/h5-9,11,16,19H,4,10H2,1-3H3. The van der Waals surface area contributed by atoms with Crippen molar-refractivity contribution in [1.82, 2.24) is 15.1 Å². The third-order valence-corrected chi connectivity index (χ3v) is 3.81. The molecule has 3 nitrogen and oxygen atoms in total. The van der Waals surface area contributed by atoms with Gasteiger partial charge < -0.3 is 5.32 Å². The molecule has 0 bridgehead atoms. The summed E-state index contributed by atoms with van der Waals surface area (Å²) < 4.78 is 28.3. The van der Waals surface area contributed by atoms with Gasteiger partial charge >= 0.3 is 0 Å². The van der Waals surface area contributed by atoms with Crippen LogP contribution in [0.25, 0.3) is 0 Å². The topological polar surface area (TPSA) is 29.9 Å². The Morgan fingerprint density at radius 2 is 2.00 bits per heavy atom. The van der Waals surface area contributed by atoms with Crippen molar-refractivity contribution in [3.8, 4) is 0 Å². The molecule has 0 aliphatic rings. The van der Waals surface area contributed by atoms with Crippen LogP contribution in [0.3, 0.4) is 0 Å². The normalized spacial score (nSPS) is 14.1. The molecular formula is C16H21F2N3. The van der Waals surface area contributed by atoms with Crippen LogP contribution < -0.4 is 5.32 Å². The minimum atomic E-state index is -0.824. The molecule has 21 heavy (non-hydrogen) atoms.